The van der Waals surface area contributed by atoms with Gasteiger partial charge in [-0.1, -0.05) is 36.4 Å². The third-order valence-electron chi connectivity index (χ3n) is 2.55. The van der Waals surface area contributed by atoms with Crippen LogP contribution in [0.4, 0.5) is 0 Å². The third kappa shape index (κ3) is 2.10. The van der Waals surface area contributed by atoms with Crippen LogP contribution in [-0.2, 0) is 4.75 Å². The maximum Gasteiger partial charge on any atom is 0.119 e. The summed E-state index contributed by atoms with van der Waals surface area (Å²) in [6.45, 7) is 0. The lowest BCUT2D eigenvalue weighted by Crippen LogP contribution is -2.13. The van der Waals surface area contributed by atoms with Crippen LogP contribution in [0.3, 0.4) is 0 Å². The highest BCUT2D eigenvalue weighted by atomic mass is 32.1. The molecule has 0 N–H and O–H groups in total. The van der Waals surface area contributed by atoms with Gasteiger partial charge in [0.25, 0.3) is 0 Å². The van der Waals surface area contributed by atoms with Crippen LogP contribution in [0.2, 0.25) is 0 Å². The number of benzene rings is 1. The number of rotatable bonds is 2. The largest absolute Gasteiger partial charge is 0.497 e. The van der Waals surface area contributed by atoms with Crippen molar-refractivity contribution in [2.24, 2.45) is 0 Å². The molecule has 0 saturated heterocycles. The minimum Gasteiger partial charge on any atom is -0.497 e. The maximum atomic E-state index is 5.21. The minimum atomic E-state index is -0.285. The molecule has 0 spiro atoms. The van der Waals surface area contributed by atoms with Gasteiger partial charge in [-0.15, -0.1) is 0 Å². The van der Waals surface area contributed by atoms with Gasteiger partial charge in [0.1, 0.15) is 5.75 Å². The highest BCUT2D eigenvalue weighted by Crippen LogP contribution is 2.35. The zero-order valence-electron chi connectivity index (χ0n) is 8.68. The Morgan fingerprint density at radius 2 is 2.00 bits per heavy atom. The van der Waals surface area contributed by atoms with E-state index in [-0.39, 0.29) is 4.75 Å². The molecule has 2 heteroatoms. The Labute approximate surface area is 95.9 Å². The molecule has 78 valence electrons. The molecule has 0 atom stereocenters. The number of hydrogen-bond donors (Lipinski definition) is 1. The quantitative estimate of drug-likeness (QED) is 0.591. The molecule has 1 aromatic carbocycles. The summed E-state index contributed by atoms with van der Waals surface area (Å²) in [5.41, 5.74) is 1.14. The Morgan fingerprint density at radius 1 is 1.27 bits per heavy atom. The summed E-state index contributed by atoms with van der Waals surface area (Å²) in [5, 5.41) is 0. The first-order valence-corrected chi connectivity index (χ1v) is 5.42. The fourth-order valence-electron chi connectivity index (χ4n) is 1.69. The van der Waals surface area contributed by atoms with Gasteiger partial charge in [-0.3, -0.25) is 0 Å². The topological polar surface area (TPSA) is 9.23 Å². The van der Waals surface area contributed by atoms with Crippen LogP contribution in [0.25, 0.3) is 0 Å². The van der Waals surface area contributed by atoms with Gasteiger partial charge in [0.2, 0.25) is 0 Å². The lowest BCUT2D eigenvalue weighted by atomic mass is 9.93. The van der Waals surface area contributed by atoms with E-state index in [0.29, 0.717) is 0 Å². The predicted octanol–water partition coefficient (Wildman–Crippen LogP) is 3.34. The number of methoxy groups -OCH3 is 1. The zero-order chi connectivity index (χ0) is 10.7. The summed E-state index contributed by atoms with van der Waals surface area (Å²) in [6, 6.07) is 8.02. The molecule has 0 heterocycles. The van der Waals surface area contributed by atoms with E-state index in [1.54, 1.807) is 7.11 Å². The first-order chi connectivity index (χ1) is 7.24. The monoisotopic (exact) mass is 218 g/mol. The predicted molar refractivity (Wildman–Crippen MR) is 66.6 cm³/mol. The van der Waals surface area contributed by atoms with Crippen molar-refractivity contribution in [3.63, 3.8) is 0 Å². The third-order valence-corrected chi connectivity index (χ3v) is 3.10. The van der Waals surface area contributed by atoms with Gasteiger partial charge >= 0.3 is 0 Å². The summed E-state index contributed by atoms with van der Waals surface area (Å²) in [5.74, 6) is 0.869. The average molecular weight is 218 g/mol. The molecule has 0 aliphatic heterocycles. The molecule has 0 amide bonds. The van der Waals surface area contributed by atoms with Crippen LogP contribution in [-0.4, -0.2) is 7.11 Å². The van der Waals surface area contributed by atoms with E-state index >= 15 is 0 Å². The van der Waals surface area contributed by atoms with Crippen molar-refractivity contribution in [3.8, 4) is 5.75 Å². The molecule has 1 aromatic rings. The van der Waals surface area contributed by atoms with Gasteiger partial charge in [0.15, 0.2) is 0 Å². The van der Waals surface area contributed by atoms with Crippen molar-refractivity contribution in [2.45, 2.75) is 11.2 Å². The number of hydrogen-bond acceptors (Lipinski definition) is 2. The lowest BCUT2D eigenvalue weighted by Gasteiger charge is -2.24. The van der Waals surface area contributed by atoms with Gasteiger partial charge in [0, 0.05) is 0 Å². The smallest absolute Gasteiger partial charge is 0.119 e. The second kappa shape index (κ2) is 4.15. The Hall–Kier alpha value is -1.15. The van der Waals surface area contributed by atoms with Gasteiger partial charge in [-0.25, -0.2) is 0 Å². The zero-order valence-corrected chi connectivity index (χ0v) is 9.58. The van der Waals surface area contributed by atoms with E-state index in [9.17, 15) is 0 Å². The molecule has 0 unspecified atom stereocenters. The molecule has 15 heavy (non-hydrogen) atoms. The fourth-order valence-corrected chi connectivity index (χ4v) is 2.04. The molecule has 0 radical (unpaired) electrons. The lowest BCUT2D eigenvalue weighted by molar-refractivity contribution is 0.414. The molecule has 0 aromatic heterocycles. The average Bonchev–Trinajstić information content (AvgIpc) is 2.30. The van der Waals surface area contributed by atoms with E-state index in [4.69, 9.17) is 17.4 Å². The first-order valence-electron chi connectivity index (χ1n) is 4.97. The number of allylic oxidation sites excluding steroid dienone is 2. The Bertz CT molecular complexity index is 395. The van der Waals surface area contributed by atoms with Crippen LogP contribution < -0.4 is 4.74 Å². The van der Waals surface area contributed by atoms with E-state index in [1.165, 1.54) is 0 Å². The summed E-state index contributed by atoms with van der Waals surface area (Å²) in [7, 11) is 1.68. The first kappa shape index (κ1) is 10.4. The standard InChI is InChI=1S/C13H14OS/c1-14-12-7-5-6-11(10-12)13(15)8-3-2-4-9-13/h3-10,15H,2H2,1H3. The molecule has 2 rings (SSSR count). The molecular formula is C13H14OS. The van der Waals surface area contributed by atoms with Crippen molar-refractivity contribution in [1.82, 2.24) is 0 Å². The summed E-state index contributed by atoms with van der Waals surface area (Å²) in [6.07, 6.45) is 9.49. The van der Waals surface area contributed by atoms with Crippen LogP contribution in [0.5, 0.6) is 5.75 Å². The summed E-state index contributed by atoms with van der Waals surface area (Å²) >= 11 is 4.70. The van der Waals surface area contributed by atoms with Crippen molar-refractivity contribution in [3.05, 3.63) is 54.1 Å². The molecule has 1 aliphatic rings. The van der Waals surface area contributed by atoms with Crippen LogP contribution in [0.15, 0.2) is 48.6 Å². The maximum absolute atomic E-state index is 5.21. The van der Waals surface area contributed by atoms with Gasteiger partial charge in [-0.2, -0.15) is 12.6 Å². The fraction of sp³-hybridized carbons (Fsp3) is 0.231. The molecule has 1 nitrogen and oxygen atoms in total. The Balaban J connectivity index is 2.39. The van der Waals surface area contributed by atoms with Crippen molar-refractivity contribution >= 4 is 12.6 Å². The Morgan fingerprint density at radius 3 is 2.67 bits per heavy atom. The second-order valence-electron chi connectivity index (χ2n) is 3.60. The van der Waals surface area contributed by atoms with Gasteiger partial charge < -0.3 is 4.74 Å². The van der Waals surface area contributed by atoms with Crippen LogP contribution in [0.1, 0.15) is 12.0 Å². The Kier molecular flexibility index (Phi) is 2.87. The SMILES string of the molecule is COc1cccc(C2(S)C=CCC=C2)c1. The van der Waals surface area contributed by atoms with Crippen LogP contribution >= 0.6 is 12.6 Å². The van der Waals surface area contributed by atoms with E-state index in [0.717, 1.165) is 17.7 Å². The number of thiol groups is 1. The summed E-state index contributed by atoms with van der Waals surface area (Å²) in [4.78, 5) is 0. The molecule has 0 fully saturated rings. The van der Waals surface area contributed by atoms with Crippen molar-refractivity contribution in [1.29, 1.82) is 0 Å². The van der Waals surface area contributed by atoms with Crippen LogP contribution in [0, 0.1) is 0 Å². The number of ether oxygens (including phenoxy) is 1. The molecular weight excluding hydrogens is 204 g/mol. The second-order valence-corrected chi connectivity index (χ2v) is 4.34. The van der Waals surface area contributed by atoms with E-state index in [2.05, 4.69) is 30.4 Å². The highest BCUT2D eigenvalue weighted by Gasteiger charge is 2.22. The van der Waals surface area contributed by atoms with Gasteiger partial charge in [-0.05, 0) is 24.1 Å². The molecule has 0 saturated carbocycles. The van der Waals surface area contributed by atoms with E-state index < -0.39 is 0 Å². The van der Waals surface area contributed by atoms with E-state index in [1.807, 2.05) is 18.2 Å². The van der Waals surface area contributed by atoms with Crippen molar-refractivity contribution in [2.75, 3.05) is 7.11 Å². The molecule has 0 bridgehead atoms. The normalized spacial score (nSPS) is 17.7. The van der Waals surface area contributed by atoms with Gasteiger partial charge in [0.05, 0.1) is 11.9 Å². The van der Waals surface area contributed by atoms with Crippen molar-refractivity contribution < 1.29 is 4.74 Å². The highest BCUT2D eigenvalue weighted by molar-refractivity contribution is 7.81. The minimum absolute atomic E-state index is 0.285. The molecule has 1 aliphatic carbocycles. The summed E-state index contributed by atoms with van der Waals surface area (Å²) < 4.78 is 4.92.